The number of nitrogens with one attached hydrogen (secondary N) is 1. The zero-order chi connectivity index (χ0) is 21.8. The minimum Gasteiger partial charge on any atom is -0.449 e. The summed E-state index contributed by atoms with van der Waals surface area (Å²) in [6.07, 6.45) is 0.944. The molecule has 2 aromatic carbocycles. The predicted molar refractivity (Wildman–Crippen MR) is 113 cm³/mol. The van der Waals surface area contributed by atoms with Crippen molar-refractivity contribution in [3.05, 3.63) is 59.2 Å². The number of amides is 1. The van der Waals surface area contributed by atoms with Crippen LogP contribution in [-0.4, -0.2) is 32.7 Å². The monoisotopic (exact) mass is 417 g/mol. The van der Waals surface area contributed by atoms with Gasteiger partial charge in [0.2, 0.25) is 0 Å². The number of hydrogen-bond acceptors (Lipinski definition) is 5. The molecule has 0 unspecified atom stereocenters. The molecule has 0 radical (unpaired) electrons. The second-order valence-corrected chi connectivity index (χ2v) is 9.20. The predicted octanol–water partition coefficient (Wildman–Crippen LogP) is 4.10. The standard InChI is InChI=1S/C22H27NO5S/c1-6-14(2)18-9-7-8-10-20(18)23-21(24)16(4)28-22(25)19-13-17(29(5,26)27)12-11-15(19)3/h7-14,16H,6H2,1-5H3,(H,23,24)/t14-,16-/m1/s1. The molecule has 156 valence electrons. The summed E-state index contributed by atoms with van der Waals surface area (Å²) in [7, 11) is -3.46. The molecular weight excluding hydrogens is 390 g/mol. The van der Waals surface area contributed by atoms with E-state index in [1.54, 1.807) is 13.0 Å². The third-order valence-corrected chi connectivity index (χ3v) is 5.98. The number of benzene rings is 2. The van der Waals surface area contributed by atoms with Crippen molar-refractivity contribution in [2.75, 3.05) is 11.6 Å². The number of sulfone groups is 1. The van der Waals surface area contributed by atoms with Crippen LogP contribution in [0.2, 0.25) is 0 Å². The quantitative estimate of drug-likeness (QED) is 0.685. The maximum absolute atomic E-state index is 12.6. The summed E-state index contributed by atoms with van der Waals surface area (Å²) < 4.78 is 28.8. The summed E-state index contributed by atoms with van der Waals surface area (Å²) in [5, 5.41) is 2.82. The molecule has 0 aliphatic rings. The normalized spacial score (nSPS) is 13.4. The summed E-state index contributed by atoms with van der Waals surface area (Å²) in [5.41, 5.74) is 2.38. The van der Waals surface area contributed by atoms with E-state index in [1.165, 1.54) is 19.1 Å². The molecule has 7 heteroatoms. The molecule has 6 nitrogen and oxygen atoms in total. The van der Waals surface area contributed by atoms with Crippen LogP contribution in [0.15, 0.2) is 47.4 Å². The second-order valence-electron chi connectivity index (χ2n) is 7.18. The van der Waals surface area contributed by atoms with E-state index in [-0.39, 0.29) is 16.4 Å². The van der Waals surface area contributed by atoms with Crippen molar-refractivity contribution in [2.24, 2.45) is 0 Å². The van der Waals surface area contributed by atoms with E-state index in [4.69, 9.17) is 4.74 Å². The highest BCUT2D eigenvalue weighted by Crippen LogP contribution is 2.26. The van der Waals surface area contributed by atoms with Gasteiger partial charge in [-0.3, -0.25) is 4.79 Å². The Morgan fingerprint density at radius 1 is 1.10 bits per heavy atom. The molecule has 2 atom stereocenters. The number of rotatable bonds is 7. The second kappa shape index (κ2) is 9.22. The lowest BCUT2D eigenvalue weighted by Gasteiger charge is -2.18. The first-order valence-electron chi connectivity index (χ1n) is 9.46. The Kier molecular flexibility index (Phi) is 7.19. The van der Waals surface area contributed by atoms with Gasteiger partial charge in [0.05, 0.1) is 10.5 Å². The fraction of sp³-hybridized carbons (Fsp3) is 0.364. The lowest BCUT2D eigenvalue weighted by Crippen LogP contribution is -2.30. The van der Waals surface area contributed by atoms with Crippen molar-refractivity contribution in [3.8, 4) is 0 Å². The molecule has 0 aromatic heterocycles. The van der Waals surface area contributed by atoms with E-state index in [0.717, 1.165) is 18.2 Å². The van der Waals surface area contributed by atoms with Gasteiger partial charge in [-0.15, -0.1) is 0 Å². The molecule has 0 bridgehead atoms. The van der Waals surface area contributed by atoms with Crippen LogP contribution in [0.3, 0.4) is 0 Å². The topological polar surface area (TPSA) is 89.5 Å². The van der Waals surface area contributed by atoms with Crippen LogP contribution in [0.1, 0.15) is 54.6 Å². The van der Waals surface area contributed by atoms with Crippen molar-refractivity contribution >= 4 is 27.4 Å². The maximum atomic E-state index is 12.6. The fourth-order valence-electron chi connectivity index (χ4n) is 2.82. The van der Waals surface area contributed by atoms with Gasteiger partial charge in [0, 0.05) is 11.9 Å². The SMILES string of the molecule is CC[C@@H](C)c1ccccc1NC(=O)[C@@H](C)OC(=O)c1cc(S(C)(=O)=O)ccc1C. The molecule has 1 amide bonds. The Morgan fingerprint density at radius 2 is 1.76 bits per heavy atom. The number of para-hydroxylation sites is 1. The molecule has 0 fully saturated rings. The van der Waals surface area contributed by atoms with Gasteiger partial charge in [0.15, 0.2) is 15.9 Å². The molecule has 29 heavy (non-hydrogen) atoms. The number of aryl methyl sites for hydroxylation is 1. The van der Waals surface area contributed by atoms with Crippen LogP contribution < -0.4 is 5.32 Å². The molecule has 0 saturated carbocycles. The third kappa shape index (κ3) is 5.67. The number of ether oxygens (including phenoxy) is 1. The van der Waals surface area contributed by atoms with Gasteiger partial charge >= 0.3 is 5.97 Å². The minimum absolute atomic E-state index is 0.0228. The van der Waals surface area contributed by atoms with Gasteiger partial charge in [-0.05, 0) is 55.5 Å². The zero-order valence-corrected chi connectivity index (χ0v) is 18.2. The van der Waals surface area contributed by atoms with Gasteiger partial charge in [0.1, 0.15) is 0 Å². The third-order valence-electron chi connectivity index (χ3n) is 4.87. The average molecular weight is 418 g/mol. The Morgan fingerprint density at radius 3 is 2.38 bits per heavy atom. The molecular formula is C22H27NO5S. The van der Waals surface area contributed by atoms with Crippen LogP contribution in [0.4, 0.5) is 5.69 Å². The lowest BCUT2D eigenvalue weighted by atomic mass is 9.97. The fourth-order valence-corrected chi connectivity index (χ4v) is 3.47. The largest absolute Gasteiger partial charge is 0.449 e. The summed E-state index contributed by atoms with van der Waals surface area (Å²) in [4.78, 5) is 25.1. The number of carbonyl (C=O) groups is 2. The van der Waals surface area contributed by atoms with Crippen LogP contribution in [0, 0.1) is 6.92 Å². The summed E-state index contributed by atoms with van der Waals surface area (Å²) in [6, 6.07) is 11.8. The van der Waals surface area contributed by atoms with E-state index in [9.17, 15) is 18.0 Å². The van der Waals surface area contributed by atoms with Gasteiger partial charge in [-0.1, -0.05) is 38.1 Å². The van der Waals surface area contributed by atoms with Crippen LogP contribution >= 0.6 is 0 Å². The Bertz CT molecular complexity index is 1010. The first kappa shape index (κ1) is 22.6. The van der Waals surface area contributed by atoms with Gasteiger partial charge < -0.3 is 10.1 Å². The number of carbonyl (C=O) groups excluding carboxylic acids is 2. The Balaban J connectivity index is 2.16. The Labute approximate surface area is 172 Å². The highest BCUT2D eigenvalue weighted by molar-refractivity contribution is 7.90. The smallest absolute Gasteiger partial charge is 0.339 e. The van der Waals surface area contributed by atoms with E-state index in [0.29, 0.717) is 11.3 Å². The molecule has 1 N–H and O–H groups in total. The summed E-state index contributed by atoms with van der Waals surface area (Å²) in [5.74, 6) is -0.928. The van der Waals surface area contributed by atoms with Crippen molar-refractivity contribution in [1.82, 2.24) is 0 Å². The van der Waals surface area contributed by atoms with Gasteiger partial charge in [-0.2, -0.15) is 0 Å². The van der Waals surface area contributed by atoms with E-state index >= 15 is 0 Å². The minimum atomic E-state index is -3.46. The molecule has 0 saturated heterocycles. The van der Waals surface area contributed by atoms with E-state index in [2.05, 4.69) is 19.2 Å². The van der Waals surface area contributed by atoms with Crippen LogP contribution in [0.25, 0.3) is 0 Å². The maximum Gasteiger partial charge on any atom is 0.339 e. The molecule has 0 spiro atoms. The zero-order valence-electron chi connectivity index (χ0n) is 17.4. The van der Waals surface area contributed by atoms with Gasteiger partial charge in [0.25, 0.3) is 5.91 Å². The molecule has 0 aliphatic carbocycles. The van der Waals surface area contributed by atoms with Crippen molar-refractivity contribution < 1.29 is 22.7 Å². The van der Waals surface area contributed by atoms with Crippen LogP contribution in [-0.2, 0) is 19.4 Å². The highest BCUT2D eigenvalue weighted by Gasteiger charge is 2.22. The van der Waals surface area contributed by atoms with Crippen molar-refractivity contribution in [1.29, 1.82) is 0 Å². The van der Waals surface area contributed by atoms with E-state index in [1.807, 2.05) is 24.3 Å². The molecule has 2 rings (SSSR count). The molecule has 0 heterocycles. The van der Waals surface area contributed by atoms with Gasteiger partial charge in [-0.25, -0.2) is 13.2 Å². The first-order chi connectivity index (χ1) is 13.5. The summed E-state index contributed by atoms with van der Waals surface area (Å²) in [6.45, 7) is 7.30. The average Bonchev–Trinajstić information content (AvgIpc) is 2.67. The van der Waals surface area contributed by atoms with E-state index < -0.39 is 27.8 Å². The van der Waals surface area contributed by atoms with Crippen LogP contribution in [0.5, 0.6) is 0 Å². The Hall–Kier alpha value is -2.67. The number of hydrogen-bond donors (Lipinski definition) is 1. The van der Waals surface area contributed by atoms with Crippen molar-refractivity contribution in [3.63, 3.8) is 0 Å². The molecule has 0 aliphatic heterocycles. The summed E-state index contributed by atoms with van der Waals surface area (Å²) >= 11 is 0. The first-order valence-corrected chi connectivity index (χ1v) is 11.3. The number of anilines is 1. The number of esters is 1. The van der Waals surface area contributed by atoms with Crippen molar-refractivity contribution in [2.45, 2.75) is 51.0 Å². The lowest BCUT2D eigenvalue weighted by molar-refractivity contribution is -0.123. The highest BCUT2D eigenvalue weighted by atomic mass is 32.2. The molecule has 2 aromatic rings.